The van der Waals surface area contributed by atoms with Crippen LogP contribution in [0, 0.1) is 5.92 Å². The minimum Gasteiger partial charge on any atom is -0.389 e. The average Bonchev–Trinajstić information content (AvgIpc) is 3.21. The Bertz CT molecular complexity index is 634. The Morgan fingerprint density at radius 3 is 3.00 bits per heavy atom. The number of aromatic amines is 1. The van der Waals surface area contributed by atoms with E-state index < -0.39 is 5.60 Å². The van der Waals surface area contributed by atoms with Crippen molar-refractivity contribution in [3.05, 3.63) is 24.4 Å². The summed E-state index contributed by atoms with van der Waals surface area (Å²) in [6.07, 6.45) is 3.66. The zero-order valence-electron chi connectivity index (χ0n) is 11.7. The fraction of sp³-hybridized carbons (Fsp3) is 0.429. The van der Waals surface area contributed by atoms with Crippen LogP contribution in [0.5, 0.6) is 0 Å². The van der Waals surface area contributed by atoms with E-state index in [2.05, 4.69) is 25.5 Å². The Kier molecular flexibility index (Phi) is 3.42. The number of pyridine rings is 1. The van der Waals surface area contributed by atoms with E-state index >= 15 is 0 Å². The minimum atomic E-state index is -0.954. The fourth-order valence-electron chi connectivity index (χ4n) is 2.28. The molecule has 1 atom stereocenters. The molecule has 1 aliphatic carbocycles. The Hall–Kier alpha value is -2.28. The second-order valence-corrected chi connectivity index (χ2v) is 5.58. The molecule has 1 fully saturated rings. The second-order valence-electron chi connectivity index (χ2n) is 5.58. The van der Waals surface area contributed by atoms with Gasteiger partial charge in [0.25, 0.3) is 0 Å². The first-order valence-corrected chi connectivity index (χ1v) is 6.90. The van der Waals surface area contributed by atoms with E-state index in [1.54, 1.807) is 19.2 Å². The lowest BCUT2D eigenvalue weighted by Crippen LogP contribution is -2.33. The Morgan fingerprint density at radius 1 is 1.52 bits per heavy atom. The van der Waals surface area contributed by atoms with Crippen LogP contribution in [0.15, 0.2) is 24.4 Å². The van der Waals surface area contributed by atoms with Crippen LogP contribution in [0.4, 0.5) is 5.95 Å². The van der Waals surface area contributed by atoms with Crippen molar-refractivity contribution in [3.63, 3.8) is 0 Å². The first kappa shape index (κ1) is 13.7. The first-order valence-electron chi connectivity index (χ1n) is 6.90. The van der Waals surface area contributed by atoms with Gasteiger partial charge in [0.2, 0.25) is 11.9 Å². The topological polar surface area (TPSA) is 104 Å². The van der Waals surface area contributed by atoms with Crippen molar-refractivity contribution in [3.8, 4) is 11.5 Å². The van der Waals surface area contributed by atoms with E-state index in [1.807, 2.05) is 12.1 Å². The maximum Gasteiger partial charge on any atom is 0.249 e. The van der Waals surface area contributed by atoms with Gasteiger partial charge in [-0.3, -0.25) is 20.2 Å². The highest BCUT2D eigenvalue weighted by Gasteiger charge is 2.41. The predicted molar refractivity (Wildman–Crippen MR) is 76.2 cm³/mol. The molecule has 3 N–H and O–H groups in total. The molecule has 2 aromatic heterocycles. The summed E-state index contributed by atoms with van der Waals surface area (Å²) in [5.74, 6) is 0.602. The number of anilines is 1. The number of aromatic nitrogens is 4. The van der Waals surface area contributed by atoms with Crippen LogP contribution in [-0.2, 0) is 4.79 Å². The van der Waals surface area contributed by atoms with Crippen LogP contribution in [0.1, 0.15) is 26.2 Å². The van der Waals surface area contributed by atoms with Gasteiger partial charge in [0.05, 0.1) is 12.0 Å². The average molecular weight is 287 g/mol. The monoisotopic (exact) mass is 287 g/mol. The number of H-pyrrole nitrogens is 1. The number of rotatable bonds is 5. The highest BCUT2D eigenvalue weighted by atomic mass is 16.3. The molecule has 0 spiro atoms. The molecule has 0 bridgehead atoms. The number of hydrogen-bond donors (Lipinski definition) is 3. The first-order chi connectivity index (χ1) is 10.0. The lowest BCUT2D eigenvalue weighted by atomic mass is 9.96. The Morgan fingerprint density at radius 2 is 2.33 bits per heavy atom. The molecule has 2 heterocycles. The van der Waals surface area contributed by atoms with E-state index in [0.717, 1.165) is 12.8 Å². The van der Waals surface area contributed by atoms with Gasteiger partial charge in [-0.15, -0.1) is 5.10 Å². The molecule has 7 heteroatoms. The summed E-state index contributed by atoms with van der Waals surface area (Å²) >= 11 is 0. The molecule has 21 heavy (non-hydrogen) atoms. The number of nitrogens with one attached hydrogen (secondary N) is 2. The summed E-state index contributed by atoms with van der Waals surface area (Å²) < 4.78 is 0. The summed E-state index contributed by atoms with van der Waals surface area (Å²) in [7, 11) is 0. The standard InChI is InChI=1S/C14H17N5O2/c1-14(21,9-5-6-9)8-11(20)16-13-17-12(18-19-13)10-4-2-3-7-15-10/h2-4,7,9,21H,5-6,8H2,1H3,(H2,16,17,18,19,20). The van der Waals surface area contributed by atoms with Gasteiger partial charge in [-0.1, -0.05) is 6.07 Å². The van der Waals surface area contributed by atoms with Gasteiger partial charge in [0, 0.05) is 6.20 Å². The van der Waals surface area contributed by atoms with Crippen molar-refractivity contribution in [2.45, 2.75) is 31.8 Å². The van der Waals surface area contributed by atoms with Crippen LogP contribution in [-0.4, -0.2) is 36.8 Å². The maximum atomic E-state index is 11.9. The predicted octanol–water partition coefficient (Wildman–Crippen LogP) is 1.36. The van der Waals surface area contributed by atoms with Crippen molar-refractivity contribution in [1.29, 1.82) is 0 Å². The van der Waals surface area contributed by atoms with Crippen molar-refractivity contribution >= 4 is 11.9 Å². The van der Waals surface area contributed by atoms with Crippen LogP contribution in [0.2, 0.25) is 0 Å². The molecule has 0 saturated heterocycles. The van der Waals surface area contributed by atoms with Crippen molar-refractivity contribution in [2.75, 3.05) is 5.32 Å². The maximum absolute atomic E-state index is 11.9. The lowest BCUT2D eigenvalue weighted by molar-refractivity contribution is -0.121. The molecule has 1 aliphatic rings. The highest BCUT2D eigenvalue weighted by molar-refractivity contribution is 5.89. The number of amides is 1. The molecule has 7 nitrogen and oxygen atoms in total. The smallest absolute Gasteiger partial charge is 0.249 e. The zero-order valence-corrected chi connectivity index (χ0v) is 11.7. The number of carbonyl (C=O) groups excluding carboxylic acids is 1. The summed E-state index contributed by atoms with van der Waals surface area (Å²) in [4.78, 5) is 20.2. The third-order valence-corrected chi connectivity index (χ3v) is 3.62. The fourth-order valence-corrected chi connectivity index (χ4v) is 2.28. The Balaban J connectivity index is 1.63. The van der Waals surface area contributed by atoms with E-state index in [0.29, 0.717) is 11.5 Å². The lowest BCUT2D eigenvalue weighted by Gasteiger charge is -2.21. The molecular weight excluding hydrogens is 270 g/mol. The van der Waals surface area contributed by atoms with Crippen molar-refractivity contribution in [1.82, 2.24) is 20.2 Å². The van der Waals surface area contributed by atoms with Gasteiger partial charge in [-0.05, 0) is 37.8 Å². The molecule has 1 unspecified atom stereocenters. The van der Waals surface area contributed by atoms with E-state index in [1.165, 1.54) is 0 Å². The van der Waals surface area contributed by atoms with E-state index in [4.69, 9.17) is 0 Å². The summed E-state index contributed by atoms with van der Waals surface area (Å²) in [5, 5.41) is 19.4. The van der Waals surface area contributed by atoms with E-state index in [-0.39, 0.29) is 24.2 Å². The summed E-state index contributed by atoms with van der Waals surface area (Å²) in [6.45, 7) is 1.70. The van der Waals surface area contributed by atoms with Crippen LogP contribution < -0.4 is 5.32 Å². The number of nitrogens with zero attached hydrogens (tertiary/aromatic N) is 3. The molecular formula is C14H17N5O2. The second kappa shape index (κ2) is 5.25. The number of carbonyl (C=O) groups is 1. The minimum absolute atomic E-state index is 0.0468. The largest absolute Gasteiger partial charge is 0.389 e. The van der Waals surface area contributed by atoms with Gasteiger partial charge in [-0.2, -0.15) is 4.98 Å². The van der Waals surface area contributed by atoms with Gasteiger partial charge in [0.1, 0.15) is 5.69 Å². The molecule has 1 amide bonds. The van der Waals surface area contributed by atoms with E-state index in [9.17, 15) is 9.90 Å². The van der Waals surface area contributed by atoms with Gasteiger partial charge in [-0.25, -0.2) is 0 Å². The Labute approximate surface area is 121 Å². The van der Waals surface area contributed by atoms with Gasteiger partial charge < -0.3 is 5.11 Å². The zero-order chi connectivity index (χ0) is 14.9. The van der Waals surface area contributed by atoms with Crippen LogP contribution >= 0.6 is 0 Å². The van der Waals surface area contributed by atoms with Crippen molar-refractivity contribution < 1.29 is 9.90 Å². The molecule has 0 aromatic carbocycles. The quantitative estimate of drug-likeness (QED) is 0.770. The third kappa shape index (κ3) is 3.25. The summed E-state index contributed by atoms with van der Waals surface area (Å²) in [5.41, 5.74) is -0.306. The SMILES string of the molecule is CC(O)(CC(=O)Nc1n[nH]c(-c2ccccn2)n1)C1CC1. The highest BCUT2D eigenvalue weighted by Crippen LogP contribution is 2.41. The molecule has 3 rings (SSSR count). The van der Waals surface area contributed by atoms with Crippen LogP contribution in [0.3, 0.4) is 0 Å². The molecule has 1 saturated carbocycles. The molecule has 110 valence electrons. The number of aliphatic hydroxyl groups is 1. The molecule has 0 radical (unpaired) electrons. The molecule has 2 aromatic rings. The van der Waals surface area contributed by atoms with Gasteiger partial charge in [0.15, 0.2) is 5.82 Å². The number of hydrogen-bond acceptors (Lipinski definition) is 5. The summed E-state index contributed by atoms with van der Waals surface area (Å²) in [6, 6.07) is 5.45. The van der Waals surface area contributed by atoms with Crippen LogP contribution in [0.25, 0.3) is 11.5 Å². The molecule has 0 aliphatic heterocycles. The third-order valence-electron chi connectivity index (χ3n) is 3.62. The van der Waals surface area contributed by atoms with Gasteiger partial charge >= 0.3 is 0 Å². The van der Waals surface area contributed by atoms with Crippen molar-refractivity contribution in [2.24, 2.45) is 5.92 Å². The normalized spacial score (nSPS) is 17.2.